The summed E-state index contributed by atoms with van der Waals surface area (Å²) in [5.74, 6) is 0. The highest BCUT2D eigenvalue weighted by molar-refractivity contribution is 5.81. The number of hydrogen-bond acceptors (Lipinski definition) is 1. The number of pyridine rings is 1. The van der Waals surface area contributed by atoms with Crippen LogP contribution in [0.2, 0.25) is 0 Å². The first kappa shape index (κ1) is 12.7. The third kappa shape index (κ3) is 2.82. The van der Waals surface area contributed by atoms with E-state index in [1.54, 1.807) is 0 Å². The highest BCUT2D eigenvalue weighted by atomic mass is 14.7. The molecule has 0 radical (unpaired) electrons. The van der Waals surface area contributed by atoms with Gasteiger partial charge in [-0.05, 0) is 31.0 Å². The van der Waals surface area contributed by atoms with Crippen LogP contribution in [0.1, 0.15) is 38.4 Å². The predicted molar refractivity (Wildman–Crippen MR) is 71.8 cm³/mol. The first-order valence-electron chi connectivity index (χ1n) is 6.16. The second-order valence-electron chi connectivity index (χ2n) is 3.70. The highest BCUT2D eigenvalue weighted by Gasteiger charge is 2.00. The summed E-state index contributed by atoms with van der Waals surface area (Å²) in [5, 5.41) is 1.27. The smallest absolute Gasteiger partial charge is 0.0707 e. The lowest BCUT2D eigenvalue weighted by molar-refractivity contribution is 0.888. The Morgan fingerprint density at radius 1 is 1.12 bits per heavy atom. The molecule has 0 bridgehead atoms. The molecule has 0 spiro atoms. The van der Waals surface area contributed by atoms with Gasteiger partial charge in [-0.1, -0.05) is 45.4 Å². The van der Waals surface area contributed by atoms with Gasteiger partial charge in [0.2, 0.25) is 0 Å². The van der Waals surface area contributed by atoms with E-state index in [2.05, 4.69) is 43.1 Å². The molecule has 0 aliphatic rings. The van der Waals surface area contributed by atoms with Crippen molar-refractivity contribution in [3.8, 4) is 0 Å². The molecule has 0 saturated heterocycles. The van der Waals surface area contributed by atoms with E-state index in [4.69, 9.17) is 0 Å². The number of para-hydroxylation sites is 1. The Bertz CT molecular complexity index is 446. The molecule has 0 aliphatic carbocycles. The summed E-state index contributed by atoms with van der Waals surface area (Å²) in [7, 11) is 0. The van der Waals surface area contributed by atoms with Crippen LogP contribution in [0, 0.1) is 6.92 Å². The molecule has 16 heavy (non-hydrogen) atoms. The Morgan fingerprint density at radius 3 is 2.50 bits per heavy atom. The van der Waals surface area contributed by atoms with Crippen LogP contribution in [0.25, 0.3) is 10.9 Å². The van der Waals surface area contributed by atoms with Crippen LogP contribution in [0.4, 0.5) is 0 Å². The average Bonchev–Trinajstić information content (AvgIpc) is 2.32. The molecular weight excluding hydrogens is 194 g/mol. The minimum atomic E-state index is 1.08. The fourth-order valence-electron chi connectivity index (χ4n) is 1.80. The minimum absolute atomic E-state index is 1.08. The maximum Gasteiger partial charge on any atom is 0.0707 e. The van der Waals surface area contributed by atoms with Gasteiger partial charge < -0.3 is 0 Å². The molecule has 0 saturated carbocycles. The summed E-state index contributed by atoms with van der Waals surface area (Å²) in [6.07, 6.45) is 2.23. The van der Waals surface area contributed by atoms with Crippen LogP contribution >= 0.6 is 0 Å². The zero-order valence-electron chi connectivity index (χ0n) is 10.7. The minimum Gasteiger partial charge on any atom is -0.253 e. The SMILES string of the molecule is CC.CCCc1cc(C)c2ccccc2n1. The number of fused-ring (bicyclic) bond motifs is 1. The van der Waals surface area contributed by atoms with Crippen molar-refractivity contribution in [2.75, 3.05) is 0 Å². The molecule has 0 atom stereocenters. The molecule has 0 amide bonds. The third-order valence-electron chi connectivity index (χ3n) is 2.48. The van der Waals surface area contributed by atoms with Crippen LogP contribution in [0.3, 0.4) is 0 Å². The van der Waals surface area contributed by atoms with Crippen molar-refractivity contribution < 1.29 is 0 Å². The molecule has 1 nitrogen and oxygen atoms in total. The molecular formula is C15H21N. The van der Waals surface area contributed by atoms with Gasteiger partial charge in [0, 0.05) is 11.1 Å². The van der Waals surface area contributed by atoms with Crippen molar-refractivity contribution in [3.63, 3.8) is 0 Å². The maximum atomic E-state index is 4.63. The molecule has 86 valence electrons. The van der Waals surface area contributed by atoms with Gasteiger partial charge in [0.25, 0.3) is 0 Å². The van der Waals surface area contributed by atoms with Gasteiger partial charge in [0.05, 0.1) is 5.52 Å². The monoisotopic (exact) mass is 215 g/mol. The zero-order chi connectivity index (χ0) is 12.0. The van der Waals surface area contributed by atoms with Crippen molar-refractivity contribution in [2.45, 2.75) is 40.5 Å². The molecule has 1 aromatic carbocycles. The number of hydrogen-bond donors (Lipinski definition) is 0. The third-order valence-corrected chi connectivity index (χ3v) is 2.48. The molecule has 0 unspecified atom stereocenters. The standard InChI is InChI=1S/C13H15N.C2H6/c1-3-6-11-9-10(2)12-7-4-5-8-13(12)14-11;1-2/h4-5,7-9H,3,6H2,1-2H3;1-2H3. The van der Waals surface area contributed by atoms with Gasteiger partial charge in [0.15, 0.2) is 0 Å². The van der Waals surface area contributed by atoms with Crippen molar-refractivity contribution in [1.82, 2.24) is 4.98 Å². The van der Waals surface area contributed by atoms with Crippen LogP contribution in [-0.2, 0) is 6.42 Å². The van der Waals surface area contributed by atoms with E-state index in [1.807, 2.05) is 19.9 Å². The molecule has 2 rings (SSSR count). The van der Waals surface area contributed by atoms with E-state index in [9.17, 15) is 0 Å². The van der Waals surface area contributed by atoms with Crippen molar-refractivity contribution in [1.29, 1.82) is 0 Å². The summed E-state index contributed by atoms with van der Waals surface area (Å²) in [6, 6.07) is 10.5. The summed E-state index contributed by atoms with van der Waals surface area (Å²) in [5.41, 5.74) is 3.67. The van der Waals surface area contributed by atoms with E-state index in [-0.39, 0.29) is 0 Å². The van der Waals surface area contributed by atoms with Gasteiger partial charge in [-0.2, -0.15) is 0 Å². The molecule has 1 heteroatoms. The fourth-order valence-corrected chi connectivity index (χ4v) is 1.80. The summed E-state index contributed by atoms with van der Waals surface area (Å²) < 4.78 is 0. The topological polar surface area (TPSA) is 12.9 Å². The summed E-state index contributed by atoms with van der Waals surface area (Å²) >= 11 is 0. The number of rotatable bonds is 2. The predicted octanol–water partition coefficient (Wildman–Crippen LogP) is 4.52. The van der Waals surface area contributed by atoms with Crippen LogP contribution in [0.15, 0.2) is 30.3 Å². The lowest BCUT2D eigenvalue weighted by atomic mass is 10.1. The lowest BCUT2D eigenvalue weighted by Crippen LogP contribution is -1.92. The normalized spacial score (nSPS) is 9.75. The number of benzene rings is 1. The van der Waals surface area contributed by atoms with E-state index < -0.39 is 0 Å². The Labute approximate surface area is 98.5 Å². The van der Waals surface area contributed by atoms with E-state index >= 15 is 0 Å². The maximum absolute atomic E-state index is 4.63. The Morgan fingerprint density at radius 2 is 1.81 bits per heavy atom. The Balaban J connectivity index is 0.000000606. The molecule has 1 aromatic heterocycles. The molecule has 2 aromatic rings. The van der Waals surface area contributed by atoms with E-state index in [1.165, 1.54) is 16.6 Å². The average molecular weight is 215 g/mol. The fraction of sp³-hybridized carbons (Fsp3) is 0.400. The van der Waals surface area contributed by atoms with Gasteiger partial charge in [-0.15, -0.1) is 0 Å². The largest absolute Gasteiger partial charge is 0.253 e. The van der Waals surface area contributed by atoms with Gasteiger partial charge in [-0.3, -0.25) is 4.98 Å². The molecule has 0 aliphatic heterocycles. The molecule has 0 fully saturated rings. The van der Waals surface area contributed by atoms with Crippen molar-refractivity contribution in [2.24, 2.45) is 0 Å². The summed E-state index contributed by atoms with van der Waals surface area (Å²) in [4.78, 5) is 4.63. The molecule has 0 N–H and O–H groups in total. The zero-order valence-corrected chi connectivity index (χ0v) is 10.7. The quantitative estimate of drug-likeness (QED) is 0.717. The Kier molecular flexibility index (Phi) is 4.97. The number of aromatic nitrogens is 1. The summed E-state index contributed by atoms with van der Waals surface area (Å²) in [6.45, 7) is 8.34. The number of aryl methyl sites for hydroxylation is 2. The van der Waals surface area contributed by atoms with E-state index in [0.717, 1.165) is 18.4 Å². The van der Waals surface area contributed by atoms with Gasteiger partial charge in [-0.25, -0.2) is 0 Å². The first-order valence-corrected chi connectivity index (χ1v) is 6.16. The lowest BCUT2D eigenvalue weighted by Gasteiger charge is -2.04. The second-order valence-corrected chi connectivity index (χ2v) is 3.70. The van der Waals surface area contributed by atoms with Crippen LogP contribution < -0.4 is 0 Å². The highest BCUT2D eigenvalue weighted by Crippen LogP contribution is 2.17. The van der Waals surface area contributed by atoms with Crippen molar-refractivity contribution >= 4 is 10.9 Å². The van der Waals surface area contributed by atoms with Gasteiger partial charge >= 0.3 is 0 Å². The molecule has 1 heterocycles. The number of nitrogens with zero attached hydrogens (tertiary/aromatic N) is 1. The van der Waals surface area contributed by atoms with Crippen LogP contribution in [-0.4, -0.2) is 4.98 Å². The van der Waals surface area contributed by atoms with Crippen LogP contribution in [0.5, 0.6) is 0 Å². The Hall–Kier alpha value is -1.37. The van der Waals surface area contributed by atoms with E-state index in [0.29, 0.717) is 0 Å². The van der Waals surface area contributed by atoms with Crippen molar-refractivity contribution in [3.05, 3.63) is 41.6 Å². The van der Waals surface area contributed by atoms with Gasteiger partial charge in [0.1, 0.15) is 0 Å². The first-order chi connectivity index (χ1) is 7.81. The second kappa shape index (κ2) is 6.26.